The molecule has 3 unspecified atom stereocenters. The van der Waals surface area contributed by atoms with Gasteiger partial charge < -0.3 is 4.90 Å². The average molecular weight is 672 g/mol. The third kappa shape index (κ3) is 4.39. The molecule has 2 fully saturated rings. The van der Waals surface area contributed by atoms with Crippen molar-refractivity contribution in [2.75, 3.05) is 4.90 Å². The van der Waals surface area contributed by atoms with E-state index in [-0.39, 0.29) is 5.41 Å². The van der Waals surface area contributed by atoms with E-state index in [9.17, 15) is 0 Å². The van der Waals surface area contributed by atoms with Crippen LogP contribution in [0.15, 0.2) is 164 Å². The van der Waals surface area contributed by atoms with Gasteiger partial charge in [0.05, 0.1) is 5.69 Å². The molecule has 3 atom stereocenters. The second-order valence-electron chi connectivity index (χ2n) is 14.9. The maximum absolute atomic E-state index is 2.56. The summed E-state index contributed by atoms with van der Waals surface area (Å²) in [6.45, 7) is 0. The van der Waals surface area contributed by atoms with Gasteiger partial charge in [-0.15, -0.1) is 11.3 Å². The van der Waals surface area contributed by atoms with Crippen molar-refractivity contribution in [1.82, 2.24) is 0 Å². The predicted molar refractivity (Wildman–Crippen MR) is 217 cm³/mol. The van der Waals surface area contributed by atoms with Crippen molar-refractivity contribution in [2.45, 2.75) is 31.1 Å². The lowest BCUT2D eigenvalue weighted by atomic mass is 9.66. The second kappa shape index (κ2) is 11.3. The van der Waals surface area contributed by atoms with Crippen molar-refractivity contribution >= 4 is 48.6 Å². The van der Waals surface area contributed by atoms with Crippen LogP contribution in [0.4, 0.5) is 17.1 Å². The van der Waals surface area contributed by atoms with Crippen molar-refractivity contribution in [2.24, 2.45) is 11.8 Å². The Kier molecular flexibility index (Phi) is 6.48. The van der Waals surface area contributed by atoms with Gasteiger partial charge in [-0.2, -0.15) is 0 Å². The van der Waals surface area contributed by atoms with Gasteiger partial charge >= 0.3 is 0 Å². The quantitative estimate of drug-likeness (QED) is 0.176. The number of benzene rings is 7. The fourth-order valence-corrected chi connectivity index (χ4v) is 11.3. The SMILES string of the molecule is c1ccc(-c2ccccc2N(c2ccc(-c3ccc4c(c3)C3(CC5CCC3C5)c3ccccc3-4)cc2)c2ccc3c(c2)sc2ccccc23)cc1. The summed E-state index contributed by atoms with van der Waals surface area (Å²) in [5.74, 6) is 1.63. The fourth-order valence-electron chi connectivity index (χ4n) is 10.2. The van der Waals surface area contributed by atoms with Crippen LogP contribution in [0.2, 0.25) is 0 Å². The van der Waals surface area contributed by atoms with Crippen LogP contribution in [0.1, 0.15) is 36.8 Å². The summed E-state index contributed by atoms with van der Waals surface area (Å²) in [6.07, 6.45) is 5.47. The van der Waals surface area contributed by atoms with Gasteiger partial charge in [-0.1, -0.05) is 128 Å². The number of thiophene rings is 1. The van der Waals surface area contributed by atoms with Crippen LogP contribution in [0.5, 0.6) is 0 Å². The molecular formula is C49H37NS. The highest BCUT2D eigenvalue weighted by Crippen LogP contribution is 2.65. The van der Waals surface area contributed by atoms with Crippen molar-refractivity contribution in [3.8, 4) is 33.4 Å². The number of para-hydroxylation sites is 1. The molecule has 1 nitrogen and oxygen atoms in total. The molecule has 2 bridgehead atoms. The van der Waals surface area contributed by atoms with E-state index in [2.05, 4.69) is 169 Å². The smallest absolute Gasteiger partial charge is 0.0540 e. The predicted octanol–water partition coefficient (Wildman–Crippen LogP) is 13.9. The molecule has 11 rings (SSSR count). The third-order valence-electron chi connectivity index (χ3n) is 12.4. The second-order valence-corrected chi connectivity index (χ2v) is 16.0. The minimum absolute atomic E-state index is 0.188. The van der Waals surface area contributed by atoms with Gasteiger partial charge in [-0.05, 0) is 113 Å². The number of hydrogen-bond acceptors (Lipinski definition) is 2. The van der Waals surface area contributed by atoms with Crippen LogP contribution < -0.4 is 4.90 Å². The van der Waals surface area contributed by atoms with Crippen molar-refractivity contribution in [3.63, 3.8) is 0 Å². The Hall–Kier alpha value is -5.44. The van der Waals surface area contributed by atoms with Crippen LogP contribution >= 0.6 is 11.3 Å². The van der Waals surface area contributed by atoms with E-state index in [1.54, 1.807) is 11.1 Å². The number of rotatable bonds is 5. The van der Waals surface area contributed by atoms with Crippen LogP contribution in [-0.4, -0.2) is 0 Å². The summed E-state index contributed by atoms with van der Waals surface area (Å²) < 4.78 is 2.64. The Morgan fingerprint density at radius 2 is 1.20 bits per heavy atom. The van der Waals surface area contributed by atoms with Crippen LogP contribution in [0.25, 0.3) is 53.6 Å². The van der Waals surface area contributed by atoms with Crippen LogP contribution in [0, 0.1) is 11.8 Å². The zero-order valence-corrected chi connectivity index (χ0v) is 29.2. The maximum Gasteiger partial charge on any atom is 0.0540 e. The first-order chi connectivity index (χ1) is 25.2. The molecule has 1 aromatic heterocycles. The van der Waals surface area contributed by atoms with E-state index in [1.807, 2.05) is 11.3 Å². The average Bonchev–Trinajstić information content (AvgIpc) is 3.97. The number of fused-ring (bicyclic) bond motifs is 11. The van der Waals surface area contributed by atoms with E-state index in [0.29, 0.717) is 0 Å². The van der Waals surface area contributed by atoms with Crippen LogP contribution in [0.3, 0.4) is 0 Å². The summed E-state index contributed by atoms with van der Waals surface area (Å²) in [5, 5.41) is 2.65. The maximum atomic E-state index is 2.56. The fraction of sp³-hybridized carbons (Fsp3) is 0.143. The minimum Gasteiger partial charge on any atom is -0.310 e. The van der Waals surface area contributed by atoms with Gasteiger partial charge in [0.1, 0.15) is 0 Å². The monoisotopic (exact) mass is 671 g/mol. The highest BCUT2D eigenvalue weighted by Gasteiger charge is 2.56. The molecule has 51 heavy (non-hydrogen) atoms. The first-order valence-corrected chi connectivity index (χ1v) is 19.3. The molecule has 7 aromatic carbocycles. The number of nitrogens with zero attached hydrogens (tertiary/aromatic N) is 1. The van der Waals surface area contributed by atoms with Gasteiger partial charge in [0, 0.05) is 42.5 Å². The topological polar surface area (TPSA) is 3.24 Å². The summed E-state index contributed by atoms with van der Waals surface area (Å²) in [5.41, 5.74) is 14.8. The summed E-state index contributed by atoms with van der Waals surface area (Å²) in [4.78, 5) is 2.44. The Morgan fingerprint density at radius 1 is 0.490 bits per heavy atom. The number of hydrogen-bond donors (Lipinski definition) is 0. The Balaban J connectivity index is 1.04. The molecule has 3 aliphatic carbocycles. The minimum atomic E-state index is 0.188. The number of anilines is 3. The van der Waals surface area contributed by atoms with Gasteiger partial charge in [-0.25, -0.2) is 0 Å². The molecule has 2 heteroatoms. The Labute approximate surface area is 303 Å². The van der Waals surface area contributed by atoms with E-state index in [1.165, 1.54) is 90.6 Å². The highest BCUT2D eigenvalue weighted by atomic mass is 32.1. The summed E-state index contributed by atoms with van der Waals surface area (Å²) in [7, 11) is 0. The Morgan fingerprint density at radius 3 is 2.04 bits per heavy atom. The zero-order valence-electron chi connectivity index (χ0n) is 28.4. The normalized spacial score (nSPS) is 19.9. The van der Waals surface area contributed by atoms with Gasteiger partial charge in [0.25, 0.3) is 0 Å². The summed E-state index contributed by atoms with van der Waals surface area (Å²) in [6, 6.07) is 61.3. The molecule has 1 spiro atoms. The van der Waals surface area contributed by atoms with E-state index >= 15 is 0 Å². The molecule has 8 aromatic rings. The molecule has 3 aliphatic rings. The van der Waals surface area contributed by atoms with Gasteiger partial charge in [0.15, 0.2) is 0 Å². The lowest BCUT2D eigenvalue weighted by Gasteiger charge is -2.36. The van der Waals surface area contributed by atoms with Crippen molar-refractivity contribution in [3.05, 3.63) is 175 Å². The molecule has 0 amide bonds. The lowest BCUT2D eigenvalue weighted by Crippen LogP contribution is -2.31. The molecule has 0 N–H and O–H groups in total. The molecule has 0 radical (unpaired) electrons. The standard InChI is InChI=1S/C49H37NS/c1-2-10-34(11-3-1)39-12-5-8-16-46(39)50(38-25-27-43-42-14-6-9-17-47(42)51-48(43)30-38)37-23-19-33(20-24-37)35-21-26-41-40-13-4-7-15-44(40)49(45(41)29-35)31-32-18-22-36(49)28-32/h1-17,19-21,23-27,29-30,32,36H,18,22,28,31H2. The first kappa shape index (κ1) is 29.3. The Bertz CT molecular complexity index is 2610. The molecule has 0 aliphatic heterocycles. The largest absolute Gasteiger partial charge is 0.310 e. The molecule has 244 valence electrons. The highest BCUT2D eigenvalue weighted by molar-refractivity contribution is 7.25. The van der Waals surface area contributed by atoms with Gasteiger partial charge in [-0.3, -0.25) is 0 Å². The van der Waals surface area contributed by atoms with Gasteiger partial charge in [0.2, 0.25) is 0 Å². The zero-order chi connectivity index (χ0) is 33.5. The molecule has 2 saturated carbocycles. The summed E-state index contributed by atoms with van der Waals surface area (Å²) >= 11 is 1.87. The van der Waals surface area contributed by atoms with E-state index in [4.69, 9.17) is 0 Å². The van der Waals surface area contributed by atoms with E-state index in [0.717, 1.165) is 17.5 Å². The lowest BCUT2D eigenvalue weighted by molar-refractivity contribution is 0.327. The first-order valence-electron chi connectivity index (χ1n) is 18.5. The third-order valence-corrected chi connectivity index (χ3v) is 13.5. The van der Waals surface area contributed by atoms with E-state index < -0.39 is 0 Å². The molecule has 0 saturated heterocycles. The van der Waals surface area contributed by atoms with Crippen molar-refractivity contribution < 1.29 is 0 Å². The van der Waals surface area contributed by atoms with Crippen LogP contribution in [-0.2, 0) is 5.41 Å². The van der Waals surface area contributed by atoms with Crippen molar-refractivity contribution in [1.29, 1.82) is 0 Å². The molecule has 1 heterocycles. The molecular weight excluding hydrogens is 635 g/mol.